The molecule has 1 aliphatic heterocycles. The number of rotatable bonds is 2. The van der Waals surface area contributed by atoms with E-state index in [0.717, 1.165) is 5.56 Å². The van der Waals surface area contributed by atoms with Gasteiger partial charge in [0.1, 0.15) is 0 Å². The molecular formula is C12H13NO4. The zero-order chi connectivity index (χ0) is 12.3. The number of ether oxygens (including phenoxy) is 2. The summed E-state index contributed by atoms with van der Waals surface area (Å²) >= 11 is 0. The molecule has 0 N–H and O–H groups in total. The summed E-state index contributed by atoms with van der Waals surface area (Å²) in [7, 11) is 1.58. The van der Waals surface area contributed by atoms with Gasteiger partial charge in [-0.05, 0) is 12.1 Å². The van der Waals surface area contributed by atoms with E-state index in [1.54, 1.807) is 7.11 Å². The van der Waals surface area contributed by atoms with Crippen LogP contribution in [0.5, 0.6) is 11.5 Å². The maximum Gasteiger partial charge on any atom is 0.331 e. The first-order valence-corrected chi connectivity index (χ1v) is 5.27. The van der Waals surface area contributed by atoms with Crippen LogP contribution in [-0.2, 0) is 9.63 Å². The minimum Gasteiger partial charge on any atom is -0.493 e. The SMILES string of the molecule is COc1cccc2c1OCCC2=NOC(C)=O. The van der Waals surface area contributed by atoms with Crippen molar-refractivity contribution in [2.75, 3.05) is 13.7 Å². The molecule has 1 aromatic carbocycles. The largest absolute Gasteiger partial charge is 0.493 e. The van der Waals surface area contributed by atoms with Gasteiger partial charge in [0.15, 0.2) is 11.5 Å². The minimum atomic E-state index is -0.437. The highest BCUT2D eigenvalue weighted by Crippen LogP contribution is 2.34. The van der Waals surface area contributed by atoms with Crippen LogP contribution in [0.15, 0.2) is 23.4 Å². The van der Waals surface area contributed by atoms with Crippen molar-refractivity contribution in [2.45, 2.75) is 13.3 Å². The van der Waals surface area contributed by atoms with Crippen molar-refractivity contribution in [2.24, 2.45) is 5.16 Å². The standard InChI is InChI=1S/C12H13NO4/c1-8(14)17-13-10-6-7-16-12-9(10)4-3-5-11(12)15-2/h3-5H,6-7H2,1-2H3. The van der Waals surface area contributed by atoms with Gasteiger partial charge in [0.25, 0.3) is 0 Å². The fourth-order valence-corrected chi connectivity index (χ4v) is 1.65. The molecule has 17 heavy (non-hydrogen) atoms. The summed E-state index contributed by atoms with van der Waals surface area (Å²) in [6.07, 6.45) is 0.605. The number of hydrogen-bond donors (Lipinski definition) is 0. The quantitative estimate of drug-likeness (QED) is 0.578. The van der Waals surface area contributed by atoms with Crippen LogP contribution in [0.3, 0.4) is 0 Å². The predicted molar refractivity (Wildman–Crippen MR) is 61.4 cm³/mol. The highest BCUT2D eigenvalue weighted by Gasteiger charge is 2.21. The average Bonchev–Trinajstić information content (AvgIpc) is 2.35. The summed E-state index contributed by atoms with van der Waals surface area (Å²) < 4.78 is 10.7. The second-order valence-corrected chi connectivity index (χ2v) is 3.56. The van der Waals surface area contributed by atoms with Crippen LogP contribution in [0, 0.1) is 0 Å². The molecule has 0 unspecified atom stereocenters. The lowest BCUT2D eigenvalue weighted by atomic mass is 10.0. The van der Waals surface area contributed by atoms with Gasteiger partial charge in [-0.15, -0.1) is 0 Å². The van der Waals surface area contributed by atoms with Crippen molar-refractivity contribution in [3.8, 4) is 11.5 Å². The molecule has 1 aromatic rings. The third-order valence-corrected chi connectivity index (χ3v) is 2.38. The molecule has 0 radical (unpaired) electrons. The summed E-state index contributed by atoms with van der Waals surface area (Å²) in [6.45, 7) is 1.81. The van der Waals surface area contributed by atoms with E-state index in [-0.39, 0.29) is 0 Å². The van der Waals surface area contributed by atoms with Gasteiger partial charge in [-0.2, -0.15) is 0 Å². The molecule has 0 aliphatic carbocycles. The van der Waals surface area contributed by atoms with E-state index in [4.69, 9.17) is 9.47 Å². The summed E-state index contributed by atoms with van der Waals surface area (Å²) in [5.41, 5.74) is 1.50. The molecule has 0 bridgehead atoms. The molecule has 5 heteroatoms. The van der Waals surface area contributed by atoms with Gasteiger partial charge in [0, 0.05) is 18.9 Å². The molecule has 0 aromatic heterocycles. The number of carbonyl (C=O) groups excluding carboxylic acids is 1. The molecule has 0 saturated heterocycles. The van der Waals surface area contributed by atoms with Crippen LogP contribution in [0.25, 0.3) is 0 Å². The molecule has 1 aliphatic rings. The Morgan fingerprint density at radius 3 is 3.00 bits per heavy atom. The van der Waals surface area contributed by atoms with Crippen LogP contribution >= 0.6 is 0 Å². The van der Waals surface area contributed by atoms with Crippen LogP contribution in [0.1, 0.15) is 18.9 Å². The highest BCUT2D eigenvalue weighted by molar-refractivity contribution is 6.04. The Morgan fingerprint density at radius 1 is 1.47 bits per heavy atom. The number of fused-ring (bicyclic) bond motifs is 1. The molecular weight excluding hydrogens is 222 g/mol. The van der Waals surface area contributed by atoms with Gasteiger partial charge >= 0.3 is 5.97 Å². The van der Waals surface area contributed by atoms with Crippen molar-refractivity contribution in [1.82, 2.24) is 0 Å². The maximum atomic E-state index is 10.7. The fourth-order valence-electron chi connectivity index (χ4n) is 1.65. The van der Waals surface area contributed by atoms with Gasteiger partial charge in [0.05, 0.1) is 19.4 Å². The van der Waals surface area contributed by atoms with Crippen LogP contribution in [0.4, 0.5) is 0 Å². The van der Waals surface area contributed by atoms with Crippen molar-refractivity contribution in [1.29, 1.82) is 0 Å². The fraction of sp³-hybridized carbons (Fsp3) is 0.333. The number of hydrogen-bond acceptors (Lipinski definition) is 5. The van der Waals surface area contributed by atoms with Gasteiger partial charge in [-0.25, -0.2) is 4.79 Å². The van der Waals surface area contributed by atoms with Crippen LogP contribution in [-0.4, -0.2) is 25.4 Å². The number of nitrogens with zero attached hydrogens (tertiary/aromatic N) is 1. The lowest BCUT2D eigenvalue weighted by Crippen LogP contribution is -2.17. The lowest BCUT2D eigenvalue weighted by Gasteiger charge is -2.20. The summed E-state index contributed by atoms with van der Waals surface area (Å²) in [4.78, 5) is 15.4. The minimum absolute atomic E-state index is 0.437. The molecule has 1 heterocycles. The second-order valence-electron chi connectivity index (χ2n) is 3.56. The van der Waals surface area contributed by atoms with E-state index in [9.17, 15) is 4.79 Å². The third kappa shape index (κ3) is 2.38. The Kier molecular flexibility index (Phi) is 3.27. The first-order chi connectivity index (χ1) is 8.22. The van der Waals surface area contributed by atoms with Gasteiger partial charge in [0.2, 0.25) is 0 Å². The molecule has 0 amide bonds. The molecule has 0 fully saturated rings. The zero-order valence-electron chi connectivity index (χ0n) is 9.73. The number of para-hydroxylation sites is 1. The zero-order valence-corrected chi connectivity index (χ0v) is 9.73. The molecule has 2 rings (SSSR count). The normalized spacial score (nSPS) is 16.0. The van der Waals surface area contributed by atoms with E-state index in [1.807, 2.05) is 18.2 Å². The van der Waals surface area contributed by atoms with Crippen molar-refractivity contribution >= 4 is 11.7 Å². The molecule has 5 nitrogen and oxygen atoms in total. The molecule has 90 valence electrons. The number of oxime groups is 1. The maximum absolute atomic E-state index is 10.7. The Morgan fingerprint density at radius 2 is 2.29 bits per heavy atom. The summed E-state index contributed by atoms with van der Waals surface area (Å²) in [5.74, 6) is 0.860. The summed E-state index contributed by atoms with van der Waals surface area (Å²) in [5, 5.41) is 3.83. The molecule has 0 spiro atoms. The van der Waals surface area contributed by atoms with Gasteiger partial charge in [-0.1, -0.05) is 11.2 Å². The van der Waals surface area contributed by atoms with E-state index < -0.39 is 5.97 Å². The van der Waals surface area contributed by atoms with E-state index in [2.05, 4.69) is 9.99 Å². The number of carbonyl (C=O) groups is 1. The average molecular weight is 235 g/mol. The Bertz CT molecular complexity index is 468. The van der Waals surface area contributed by atoms with E-state index in [1.165, 1.54) is 6.92 Å². The van der Waals surface area contributed by atoms with Gasteiger partial charge in [-0.3, -0.25) is 0 Å². The topological polar surface area (TPSA) is 57.1 Å². The lowest BCUT2D eigenvalue weighted by molar-refractivity contribution is -0.140. The highest BCUT2D eigenvalue weighted by atomic mass is 16.7. The predicted octanol–water partition coefficient (Wildman–Crippen LogP) is 1.74. The van der Waals surface area contributed by atoms with Crippen molar-refractivity contribution < 1.29 is 19.1 Å². The number of benzene rings is 1. The molecule has 0 saturated carbocycles. The van der Waals surface area contributed by atoms with Crippen LogP contribution < -0.4 is 9.47 Å². The van der Waals surface area contributed by atoms with E-state index in [0.29, 0.717) is 30.2 Å². The first kappa shape index (κ1) is 11.4. The van der Waals surface area contributed by atoms with Gasteiger partial charge < -0.3 is 14.3 Å². The van der Waals surface area contributed by atoms with Crippen LogP contribution in [0.2, 0.25) is 0 Å². The van der Waals surface area contributed by atoms with Crippen molar-refractivity contribution in [3.63, 3.8) is 0 Å². The summed E-state index contributed by atoms with van der Waals surface area (Å²) in [6, 6.07) is 5.52. The monoisotopic (exact) mass is 235 g/mol. The number of methoxy groups -OCH3 is 1. The van der Waals surface area contributed by atoms with Crippen molar-refractivity contribution in [3.05, 3.63) is 23.8 Å². The third-order valence-electron chi connectivity index (χ3n) is 2.38. The van der Waals surface area contributed by atoms with E-state index >= 15 is 0 Å². The Labute approximate surface area is 99.0 Å². The smallest absolute Gasteiger partial charge is 0.331 e. The first-order valence-electron chi connectivity index (χ1n) is 5.27. The Balaban J connectivity index is 2.38. The molecule has 0 atom stereocenters. The Hall–Kier alpha value is -2.04. The second kappa shape index (κ2) is 4.86.